The Labute approximate surface area is 173 Å². The summed E-state index contributed by atoms with van der Waals surface area (Å²) in [5, 5.41) is 0.792. The Balaban J connectivity index is 0.00000225. The highest BCUT2D eigenvalue weighted by molar-refractivity contribution is 5.87. The predicted octanol–water partition coefficient (Wildman–Crippen LogP) is 0.0488. The SMILES string of the molecule is C[n+]1ccccc1/C=C/c1cc2cc3c(cc2oc1=O)C#CCCC(=O)C3.[Br-]. The third-order valence-corrected chi connectivity index (χ3v) is 4.65. The van der Waals surface area contributed by atoms with Crippen LogP contribution >= 0.6 is 0 Å². The summed E-state index contributed by atoms with van der Waals surface area (Å²) in [5.74, 6) is 6.27. The van der Waals surface area contributed by atoms with Gasteiger partial charge in [0.1, 0.15) is 18.4 Å². The van der Waals surface area contributed by atoms with E-state index in [0.29, 0.717) is 30.4 Å². The Morgan fingerprint density at radius 1 is 1.14 bits per heavy atom. The number of hydrogen-bond donors (Lipinski definition) is 0. The highest BCUT2D eigenvalue weighted by Crippen LogP contribution is 2.22. The lowest BCUT2D eigenvalue weighted by Gasteiger charge is -2.08. The first kappa shape index (κ1) is 19.8. The number of aryl methyl sites for hydroxylation is 1. The maximum Gasteiger partial charge on any atom is 0.343 e. The fourth-order valence-corrected chi connectivity index (χ4v) is 3.15. The van der Waals surface area contributed by atoms with Gasteiger partial charge in [-0.3, -0.25) is 4.79 Å². The molecule has 2 aromatic heterocycles. The van der Waals surface area contributed by atoms with Crippen molar-refractivity contribution in [1.82, 2.24) is 0 Å². The molecule has 0 atom stereocenters. The van der Waals surface area contributed by atoms with Gasteiger partial charge < -0.3 is 21.4 Å². The van der Waals surface area contributed by atoms with Crippen LogP contribution in [0.25, 0.3) is 23.1 Å². The van der Waals surface area contributed by atoms with Gasteiger partial charge in [0.15, 0.2) is 6.20 Å². The van der Waals surface area contributed by atoms with Crippen LogP contribution in [0.2, 0.25) is 0 Å². The summed E-state index contributed by atoms with van der Waals surface area (Å²) in [6.45, 7) is 0. The summed E-state index contributed by atoms with van der Waals surface area (Å²) in [6.07, 6.45) is 6.99. The zero-order chi connectivity index (χ0) is 18.8. The summed E-state index contributed by atoms with van der Waals surface area (Å²) in [4.78, 5) is 24.4. The van der Waals surface area contributed by atoms with Gasteiger partial charge in [0.25, 0.3) is 0 Å². The third kappa shape index (κ3) is 4.13. The van der Waals surface area contributed by atoms with Crippen molar-refractivity contribution in [2.45, 2.75) is 19.3 Å². The molecule has 1 aliphatic carbocycles. The topological polar surface area (TPSA) is 51.2 Å². The number of benzene rings is 1. The minimum absolute atomic E-state index is 0. The monoisotopic (exact) mass is 435 g/mol. The smallest absolute Gasteiger partial charge is 0.343 e. The molecule has 140 valence electrons. The van der Waals surface area contributed by atoms with Crippen LogP contribution in [0.15, 0.2) is 51.8 Å². The number of carbonyl (C=O) groups excluding carboxylic acids is 1. The highest BCUT2D eigenvalue weighted by Gasteiger charge is 2.13. The van der Waals surface area contributed by atoms with Gasteiger partial charge in [0.2, 0.25) is 5.69 Å². The number of rotatable bonds is 2. The van der Waals surface area contributed by atoms with Crippen LogP contribution < -0.4 is 27.2 Å². The van der Waals surface area contributed by atoms with Gasteiger partial charge in [-0.25, -0.2) is 9.36 Å². The van der Waals surface area contributed by atoms with E-state index in [1.807, 2.05) is 48.2 Å². The van der Waals surface area contributed by atoms with E-state index in [-0.39, 0.29) is 22.8 Å². The van der Waals surface area contributed by atoms with Crippen LogP contribution in [0.3, 0.4) is 0 Å². The average molecular weight is 436 g/mol. The summed E-state index contributed by atoms with van der Waals surface area (Å²) in [5.41, 5.74) is 3.18. The Morgan fingerprint density at radius 2 is 2.00 bits per heavy atom. The zero-order valence-electron chi connectivity index (χ0n) is 15.4. The molecular formula is C23H18BrNO3. The minimum Gasteiger partial charge on any atom is -1.00 e. The van der Waals surface area contributed by atoms with E-state index in [0.717, 1.165) is 22.2 Å². The number of Topliss-reactive ketones (excluding diaryl/α,β-unsaturated/α-hetero) is 1. The second-order valence-corrected chi connectivity index (χ2v) is 6.62. The Kier molecular flexibility index (Phi) is 5.91. The fourth-order valence-electron chi connectivity index (χ4n) is 3.15. The summed E-state index contributed by atoms with van der Waals surface area (Å²) in [7, 11) is 1.94. The molecule has 1 aromatic carbocycles. The third-order valence-electron chi connectivity index (χ3n) is 4.65. The molecule has 3 aromatic rings. The van der Waals surface area contributed by atoms with E-state index in [1.165, 1.54) is 0 Å². The van der Waals surface area contributed by atoms with Gasteiger partial charge in [-0.15, -0.1) is 0 Å². The highest BCUT2D eigenvalue weighted by atomic mass is 79.9. The fraction of sp³-hybridized carbons (Fsp3) is 0.174. The Morgan fingerprint density at radius 3 is 2.82 bits per heavy atom. The number of pyridine rings is 1. The van der Waals surface area contributed by atoms with Crippen molar-refractivity contribution in [2.24, 2.45) is 7.05 Å². The van der Waals surface area contributed by atoms with Crippen LogP contribution in [0.1, 0.15) is 35.2 Å². The van der Waals surface area contributed by atoms with Crippen LogP contribution in [-0.4, -0.2) is 5.78 Å². The molecule has 0 spiro atoms. The molecule has 0 radical (unpaired) electrons. The molecule has 28 heavy (non-hydrogen) atoms. The lowest BCUT2D eigenvalue weighted by molar-refractivity contribution is -0.673. The molecule has 4 nitrogen and oxygen atoms in total. The van der Waals surface area contributed by atoms with Gasteiger partial charge in [-0.2, -0.15) is 0 Å². The number of carbonyl (C=O) groups is 1. The van der Waals surface area contributed by atoms with Crippen molar-refractivity contribution in [3.8, 4) is 11.8 Å². The van der Waals surface area contributed by atoms with Crippen molar-refractivity contribution >= 4 is 28.9 Å². The zero-order valence-corrected chi connectivity index (χ0v) is 17.0. The van der Waals surface area contributed by atoms with E-state index >= 15 is 0 Å². The van der Waals surface area contributed by atoms with E-state index in [2.05, 4.69) is 11.8 Å². The number of ketones is 1. The number of halogens is 1. The number of hydrogen-bond acceptors (Lipinski definition) is 3. The normalized spacial score (nSPS) is 13.2. The molecular weight excluding hydrogens is 418 g/mol. The van der Waals surface area contributed by atoms with E-state index in [1.54, 1.807) is 18.2 Å². The molecule has 2 heterocycles. The number of nitrogens with zero attached hydrogens (tertiary/aromatic N) is 1. The number of aromatic nitrogens is 1. The number of fused-ring (bicyclic) bond motifs is 2. The molecule has 5 heteroatoms. The largest absolute Gasteiger partial charge is 1.00 e. The summed E-state index contributed by atoms with van der Waals surface area (Å²) >= 11 is 0. The molecule has 0 saturated carbocycles. The summed E-state index contributed by atoms with van der Waals surface area (Å²) in [6, 6.07) is 11.3. The van der Waals surface area contributed by atoms with Crippen molar-refractivity contribution in [1.29, 1.82) is 0 Å². The molecule has 4 rings (SSSR count). The van der Waals surface area contributed by atoms with Crippen molar-refractivity contribution in [3.63, 3.8) is 0 Å². The predicted molar refractivity (Wildman–Crippen MR) is 104 cm³/mol. The molecule has 1 aliphatic rings. The minimum atomic E-state index is -0.396. The first-order valence-electron chi connectivity index (χ1n) is 8.84. The van der Waals surface area contributed by atoms with Crippen LogP contribution in [0, 0.1) is 11.8 Å². The van der Waals surface area contributed by atoms with Crippen molar-refractivity contribution < 1.29 is 30.8 Å². The lowest BCUT2D eigenvalue weighted by atomic mass is 9.96. The van der Waals surface area contributed by atoms with Gasteiger partial charge in [0.05, 0.1) is 5.56 Å². The van der Waals surface area contributed by atoms with E-state index in [9.17, 15) is 9.59 Å². The maximum atomic E-state index is 12.4. The van der Waals surface area contributed by atoms with Crippen LogP contribution in [0.4, 0.5) is 0 Å². The van der Waals surface area contributed by atoms with Crippen molar-refractivity contribution in [2.75, 3.05) is 0 Å². The van der Waals surface area contributed by atoms with Crippen molar-refractivity contribution in [3.05, 3.63) is 75.4 Å². The Hall–Kier alpha value is -2.97. The lowest BCUT2D eigenvalue weighted by Crippen LogP contribution is -3.00. The van der Waals surface area contributed by atoms with E-state index < -0.39 is 5.63 Å². The molecule has 0 amide bonds. The van der Waals surface area contributed by atoms with Gasteiger partial charge in [-0.1, -0.05) is 11.8 Å². The molecule has 0 fully saturated rings. The summed E-state index contributed by atoms with van der Waals surface area (Å²) < 4.78 is 7.47. The first-order valence-corrected chi connectivity index (χ1v) is 8.84. The molecule has 0 saturated heterocycles. The Bertz CT molecular complexity index is 1210. The van der Waals surface area contributed by atoms with Gasteiger partial charge in [-0.05, 0) is 35.9 Å². The van der Waals surface area contributed by atoms with Crippen LogP contribution in [0.5, 0.6) is 0 Å². The molecule has 0 aliphatic heterocycles. The quantitative estimate of drug-likeness (QED) is 0.324. The van der Waals surface area contributed by atoms with Gasteiger partial charge in [0, 0.05) is 48.4 Å². The first-order chi connectivity index (χ1) is 13.1. The maximum absolute atomic E-state index is 12.4. The van der Waals surface area contributed by atoms with Gasteiger partial charge >= 0.3 is 5.63 Å². The molecule has 0 N–H and O–H groups in total. The average Bonchev–Trinajstić information content (AvgIpc) is 2.64. The second-order valence-electron chi connectivity index (χ2n) is 6.62. The molecule has 0 unspecified atom stereocenters. The second kappa shape index (κ2) is 8.37. The van der Waals surface area contributed by atoms with Crippen LogP contribution in [-0.2, 0) is 18.3 Å². The van der Waals surface area contributed by atoms with E-state index in [4.69, 9.17) is 4.42 Å². The molecule has 0 bridgehead atoms. The standard InChI is InChI=1S/C23H18NO3.BrH/c1-24-11-5-4-7-20(24)10-9-17-12-19-13-18-14-21(25)8-3-2-6-16(18)15-22(19)27-23(17)26;/h4-5,7,9-13,15H,3,8,14H2,1H3;1H/q+1;/p-1/b10-9+;.